The van der Waals surface area contributed by atoms with Crippen molar-refractivity contribution in [2.45, 2.75) is 33.1 Å². The van der Waals surface area contributed by atoms with Gasteiger partial charge in [0.15, 0.2) is 0 Å². The Kier molecular flexibility index (Phi) is 10.4. The SMILES string of the molecule is CCN(CC)c1ccc2c(-c3ccccc3C(=O)N(CCCC(=O)O)CCCS(=O)(=O)O)c(-c3nc4ccccc4s3)c(=O)oc2c1. The van der Waals surface area contributed by atoms with E-state index in [9.17, 15) is 32.5 Å². The highest BCUT2D eigenvalue weighted by Crippen LogP contribution is 2.41. The molecule has 0 bridgehead atoms. The highest BCUT2D eigenvalue weighted by Gasteiger charge is 2.27. The van der Waals surface area contributed by atoms with Crippen molar-refractivity contribution < 1.29 is 32.1 Å². The standard InChI is InChI=1S/C34H35N3O8S2/c1-3-36(4-2)22-16-17-25-27(21-22)45-34(41)31(32-35-26-13-7-8-14-28(26)46-32)30(25)23-11-5-6-12-24(23)33(40)37(18-9-15-29(38)39)19-10-20-47(42,43)44/h5-8,11-14,16-17,21H,3-4,9-10,15,18-20H2,1-2H3,(H,38,39)(H,42,43,44). The number of carboxylic acid groups (broad SMARTS) is 1. The van der Waals surface area contributed by atoms with Crippen LogP contribution in [-0.2, 0) is 14.9 Å². The molecule has 2 heterocycles. The number of anilines is 1. The maximum absolute atomic E-state index is 14.2. The van der Waals surface area contributed by atoms with Gasteiger partial charge >= 0.3 is 11.6 Å². The summed E-state index contributed by atoms with van der Waals surface area (Å²) < 4.78 is 38.9. The van der Waals surface area contributed by atoms with E-state index in [0.29, 0.717) is 32.6 Å². The number of carboxylic acids is 1. The maximum Gasteiger partial charge on any atom is 0.347 e. The molecule has 11 nitrogen and oxygen atoms in total. The lowest BCUT2D eigenvalue weighted by Crippen LogP contribution is -2.34. The number of hydrogen-bond acceptors (Lipinski definition) is 9. The van der Waals surface area contributed by atoms with Crippen molar-refractivity contribution in [2.24, 2.45) is 0 Å². The number of hydrogen-bond donors (Lipinski definition) is 2. The van der Waals surface area contributed by atoms with Gasteiger partial charge in [-0.2, -0.15) is 8.42 Å². The molecule has 0 aliphatic heterocycles. The van der Waals surface area contributed by atoms with Crippen LogP contribution in [0.25, 0.3) is 42.9 Å². The fraction of sp³-hybridized carbons (Fsp3) is 0.294. The topological polar surface area (TPSA) is 158 Å². The van der Waals surface area contributed by atoms with Gasteiger partial charge in [-0.25, -0.2) is 9.78 Å². The minimum Gasteiger partial charge on any atom is -0.481 e. The van der Waals surface area contributed by atoms with Crippen molar-refractivity contribution in [1.82, 2.24) is 9.88 Å². The molecular formula is C34H35N3O8S2. The lowest BCUT2D eigenvalue weighted by atomic mass is 9.92. The van der Waals surface area contributed by atoms with Crippen molar-refractivity contribution in [2.75, 3.05) is 36.8 Å². The number of nitrogens with zero attached hydrogens (tertiary/aromatic N) is 3. The number of carbonyl (C=O) groups excluding carboxylic acids is 1. The highest BCUT2D eigenvalue weighted by molar-refractivity contribution is 7.85. The van der Waals surface area contributed by atoms with Crippen LogP contribution in [0.3, 0.4) is 0 Å². The van der Waals surface area contributed by atoms with E-state index in [0.717, 1.165) is 23.5 Å². The number of fused-ring (bicyclic) bond motifs is 2. The fourth-order valence-electron chi connectivity index (χ4n) is 5.66. The monoisotopic (exact) mass is 677 g/mol. The predicted octanol–water partition coefficient (Wildman–Crippen LogP) is 6.17. The number of benzene rings is 3. The van der Waals surface area contributed by atoms with Crippen molar-refractivity contribution >= 4 is 60.2 Å². The largest absolute Gasteiger partial charge is 0.481 e. The second kappa shape index (κ2) is 14.4. The molecule has 0 aliphatic rings. The molecule has 1 amide bonds. The molecule has 5 rings (SSSR count). The van der Waals surface area contributed by atoms with Crippen LogP contribution >= 0.6 is 11.3 Å². The first-order chi connectivity index (χ1) is 22.5. The van der Waals surface area contributed by atoms with Crippen LogP contribution < -0.4 is 10.5 Å². The van der Waals surface area contributed by atoms with Gasteiger partial charge in [0, 0.05) is 60.9 Å². The fourth-order valence-corrected chi connectivity index (χ4v) is 7.16. The Labute approximate surface area is 275 Å². The number of amides is 1. The molecule has 2 N–H and O–H groups in total. The van der Waals surface area contributed by atoms with Gasteiger partial charge in [0.2, 0.25) is 0 Å². The lowest BCUT2D eigenvalue weighted by Gasteiger charge is -2.24. The van der Waals surface area contributed by atoms with Crippen LogP contribution in [0, 0.1) is 0 Å². The second-order valence-electron chi connectivity index (χ2n) is 11.0. The molecule has 0 atom stereocenters. The van der Waals surface area contributed by atoms with Gasteiger partial charge in [0.25, 0.3) is 16.0 Å². The molecule has 246 valence electrons. The first kappa shape index (κ1) is 33.8. The summed E-state index contributed by atoms with van der Waals surface area (Å²) in [6, 6.07) is 19.9. The zero-order valence-corrected chi connectivity index (χ0v) is 27.6. The van der Waals surface area contributed by atoms with Crippen molar-refractivity contribution in [3.8, 4) is 21.7 Å². The minimum absolute atomic E-state index is 0.0395. The molecule has 3 aromatic carbocycles. The molecule has 0 radical (unpaired) electrons. The second-order valence-corrected chi connectivity index (χ2v) is 13.6. The van der Waals surface area contributed by atoms with Gasteiger partial charge in [0.05, 0.1) is 16.0 Å². The third-order valence-electron chi connectivity index (χ3n) is 7.89. The van der Waals surface area contributed by atoms with Crippen LogP contribution in [0.5, 0.6) is 0 Å². The van der Waals surface area contributed by atoms with Crippen LogP contribution in [0.1, 0.15) is 43.5 Å². The number of para-hydroxylation sites is 1. The van der Waals surface area contributed by atoms with Crippen LogP contribution in [-0.4, -0.2) is 71.8 Å². The Morgan fingerprint density at radius 1 is 0.936 bits per heavy atom. The van der Waals surface area contributed by atoms with Gasteiger partial charge in [-0.15, -0.1) is 11.3 Å². The van der Waals surface area contributed by atoms with E-state index in [1.165, 1.54) is 16.2 Å². The van der Waals surface area contributed by atoms with Gasteiger partial charge in [-0.1, -0.05) is 30.3 Å². The Hall–Kier alpha value is -4.59. The first-order valence-corrected chi connectivity index (χ1v) is 17.7. The van der Waals surface area contributed by atoms with E-state index < -0.39 is 33.4 Å². The van der Waals surface area contributed by atoms with Gasteiger partial charge in [0.1, 0.15) is 16.2 Å². The number of rotatable bonds is 14. The Morgan fingerprint density at radius 3 is 2.34 bits per heavy atom. The Morgan fingerprint density at radius 2 is 1.64 bits per heavy atom. The Balaban J connectivity index is 1.71. The van der Waals surface area contributed by atoms with Crippen molar-refractivity contribution in [3.63, 3.8) is 0 Å². The smallest absolute Gasteiger partial charge is 0.347 e. The molecule has 47 heavy (non-hydrogen) atoms. The first-order valence-electron chi connectivity index (χ1n) is 15.3. The van der Waals surface area contributed by atoms with Crippen molar-refractivity contribution in [3.05, 3.63) is 82.7 Å². The van der Waals surface area contributed by atoms with Crippen LogP contribution in [0.2, 0.25) is 0 Å². The molecular weight excluding hydrogens is 643 g/mol. The van der Waals surface area contributed by atoms with Gasteiger partial charge in [-0.05, 0) is 62.6 Å². The summed E-state index contributed by atoms with van der Waals surface area (Å²) in [6.07, 6.45) is -0.106. The molecule has 0 saturated heterocycles. The molecule has 13 heteroatoms. The molecule has 2 aromatic heterocycles. The van der Waals surface area contributed by atoms with Crippen LogP contribution in [0.15, 0.2) is 75.9 Å². The molecule has 5 aromatic rings. The van der Waals surface area contributed by atoms with E-state index in [1.54, 1.807) is 24.3 Å². The van der Waals surface area contributed by atoms with E-state index in [1.807, 2.05) is 56.3 Å². The lowest BCUT2D eigenvalue weighted by molar-refractivity contribution is -0.137. The van der Waals surface area contributed by atoms with Crippen molar-refractivity contribution in [1.29, 1.82) is 0 Å². The third-order valence-corrected chi connectivity index (χ3v) is 9.75. The summed E-state index contributed by atoms with van der Waals surface area (Å²) in [4.78, 5) is 47.7. The number of aliphatic carboxylic acids is 1. The molecule has 0 unspecified atom stereocenters. The summed E-state index contributed by atoms with van der Waals surface area (Å²) in [6.45, 7) is 5.56. The normalized spacial score (nSPS) is 11.6. The predicted molar refractivity (Wildman–Crippen MR) is 184 cm³/mol. The zero-order valence-electron chi connectivity index (χ0n) is 26.0. The minimum atomic E-state index is -4.27. The number of thiazole rings is 1. The summed E-state index contributed by atoms with van der Waals surface area (Å²) in [5.41, 5.74) is 2.66. The maximum atomic E-state index is 14.2. The average Bonchev–Trinajstić information content (AvgIpc) is 3.47. The quantitative estimate of drug-likeness (QED) is 0.103. The summed E-state index contributed by atoms with van der Waals surface area (Å²) >= 11 is 1.33. The van der Waals surface area contributed by atoms with E-state index >= 15 is 0 Å². The van der Waals surface area contributed by atoms with E-state index in [2.05, 4.69) is 4.90 Å². The average molecular weight is 678 g/mol. The number of carbonyl (C=O) groups is 2. The van der Waals surface area contributed by atoms with Gasteiger partial charge < -0.3 is 19.3 Å². The summed E-state index contributed by atoms with van der Waals surface area (Å²) in [7, 11) is -4.27. The Bertz CT molecular complexity index is 2070. The summed E-state index contributed by atoms with van der Waals surface area (Å²) in [5, 5.41) is 10.2. The van der Waals surface area contributed by atoms with Crippen LogP contribution in [0.4, 0.5) is 5.69 Å². The summed E-state index contributed by atoms with van der Waals surface area (Å²) in [5.74, 6) is -2.06. The van der Waals surface area contributed by atoms with Gasteiger partial charge in [-0.3, -0.25) is 14.1 Å². The molecule has 0 aliphatic carbocycles. The number of aromatic nitrogens is 1. The van der Waals surface area contributed by atoms with E-state index in [4.69, 9.17) is 9.40 Å². The zero-order chi connectivity index (χ0) is 33.7. The highest BCUT2D eigenvalue weighted by atomic mass is 32.2. The van der Waals surface area contributed by atoms with E-state index in [-0.39, 0.29) is 43.5 Å². The third kappa shape index (κ3) is 7.70. The molecule has 0 fully saturated rings. The molecule has 0 saturated carbocycles. The molecule has 0 spiro atoms.